The first-order chi connectivity index (χ1) is 8.49. The Kier molecular flexibility index (Phi) is 4.54. The Morgan fingerprint density at radius 3 is 2.67 bits per heavy atom. The number of nitrogens with one attached hydrogen (secondary N) is 1. The van der Waals surface area contributed by atoms with Crippen molar-refractivity contribution in [2.75, 3.05) is 5.32 Å². The number of carbonyl (C=O) groups is 1. The van der Waals surface area contributed by atoms with Crippen LogP contribution in [-0.4, -0.2) is 11.9 Å². The van der Waals surface area contributed by atoms with Gasteiger partial charge >= 0.3 is 0 Å². The monoisotopic (exact) mass is 350 g/mol. The van der Waals surface area contributed by atoms with Gasteiger partial charge in [-0.05, 0) is 47.3 Å². The molecule has 0 aliphatic heterocycles. The number of nitrogens with two attached hydrogens (primary N) is 1. The van der Waals surface area contributed by atoms with Gasteiger partial charge in [-0.25, -0.2) is 0 Å². The lowest BCUT2D eigenvalue weighted by atomic mass is 10.1. The second-order valence-electron chi connectivity index (χ2n) is 4.48. The van der Waals surface area contributed by atoms with E-state index in [1.165, 1.54) is 0 Å². The van der Waals surface area contributed by atoms with Crippen molar-refractivity contribution in [1.29, 1.82) is 0 Å². The first kappa shape index (κ1) is 14.1. The summed E-state index contributed by atoms with van der Waals surface area (Å²) in [5, 5.41) is 3.56. The first-order valence-corrected chi connectivity index (χ1v) is 7.24. The fourth-order valence-electron chi connectivity index (χ4n) is 2.11. The van der Waals surface area contributed by atoms with Crippen LogP contribution in [0.4, 0.5) is 5.69 Å². The van der Waals surface area contributed by atoms with Gasteiger partial charge < -0.3 is 11.1 Å². The van der Waals surface area contributed by atoms with Crippen molar-refractivity contribution >= 4 is 50.7 Å². The summed E-state index contributed by atoms with van der Waals surface area (Å²) in [6.45, 7) is 0. The maximum atomic E-state index is 12.0. The van der Waals surface area contributed by atoms with E-state index in [9.17, 15) is 4.79 Å². The maximum absolute atomic E-state index is 12.0. The molecule has 2 unspecified atom stereocenters. The predicted octanol–water partition coefficient (Wildman–Crippen LogP) is 3.82. The van der Waals surface area contributed by atoms with E-state index in [1.807, 2.05) is 0 Å². The van der Waals surface area contributed by atoms with Gasteiger partial charge in [-0.3, -0.25) is 4.79 Å². The molecule has 1 amide bonds. The highest BCUT2D eigenvalue weighted by Gasteiger charge is 2.28. The Labute approximate surface area is 124 Å². The zero-order valence-corrected chi connectivity index (χ0v) is 12.6. The SMILES string of the molecule is NC1CCC(C(=O)Nc2ccc(Br)c(Cl)c2Cl)C1. The lowest BCUT2D eigenvalue weighted by Crippen LogP contribution is -2.23. The van der Waals surface area contributed by atoms with Crippen LogP contribution in [0, 0.1) is 5.92 Å². The van der Waals surface area contributed by atoms with Gasteiger partial charge in [0.05, 0.1) is 15.7 Å². The topological polar surface area (TPSA) is 55.1 Å². The van der Waals surface area contributed by atoms with Crippen molar-refractivity contribution in [3.63, 3.8) is 0 Å². The number of halogens is 3. The molecule has 3 N–H and O–H groups in total. The molecule has 1 fully saturated rings. The van der Waals surface area contributed by atoms with E-state index < -0.39 is 0 Å². The molecule has 1 aromatic rings. The molecule has 0 radical (unpaired) electrons. The largest absolute Gasteiger partial charge is 0.328 e. The zero-order valence-electron chi connectivity index (χ0n) is 9.55. The second kappa shape index (κ2) is 5.78. The molecule has 18 heavy (non-hydrogen) atoms. The normalized spacial score (nSPS) is 23.1. The fourth-order valence-corrected chi connectivity index (χ4v) is 2.93. The Morgan fingerprint density at radius 1 is 1.33 bits per heavy atom. The number of rotatable bonds is 2. The van der Waals surface area contributed by atoms with Crippen molar-refractivity contribution in [3.05, 3.63) is 26.7 Å². The van der Waals surface area contributed by atoms with Crippen LogP contribution in [0.5, 0.6) is 0 Å². The van der Waals surface area contributed by atoms with Gasteiger partial charge in [-0.15, -0.1) is 0 Å². The molecular weight excluding hydrogens is 339 g/mol. The van der Waals surface area contributed by atoms with Gasteiger partial charge in [0.15, 0.2) is 0 Å². The average molecular weight is 352 g/mol. The van der Waals surface area contributed by atoms with Crippen LogP contribution < -0.4 is 11.1 Å². The van der Waals surface area contributed by atoms with Crippen molar-refractivity contribution in [3.8, 4) is 0 Å². The third kappa shape index (κ3) is 2.99. The number of carbonyl (C=O) groups excluding carboxylic acids is 1. The van der Waals surface area contributed by atoms with E-state index >= 15 is 0 Å². The molecule has 0 saturated heterocycles. The highest BCUT2D eigenvalue weighted by atomic mass is 79.9. The van der Waals surface area contributed by atoms with Gasteiger partial charge in [-0.1, -0.05) is 23.2 Å². The summed E-state index contributed by atoms with van der Waals surface area (Å²) in [7, 11) is 0. The van der Waals surface area contributed by atoms with E-state index in [0.717, 1.165) is 19.3 Å². The van der Waals surface area contributed by atoms with E-state index in [4.69, 9.17) is 28.9 Å². The van der Waals surface area contributed by atoms with Crippen LogP contribution in [0.3, 0.4) is 0 Å². The summed E-state index contributed by atoms with van der Waals surface area (Å²) >= 11 is 15.4. The molecule has 0 aromatic heterocycles. The Bertz CT molecular complexity index is 481. The van der Waals surface area contributed by atoms with Crippen LogP contribution in [0.25, 0.3) is 0 Å². The van der Waals surface area contributed by atoms with E-state index in [1.54, 1.807) is 12.1 Å². The first-order valence-electron chi connectivity index (χ1n) is 5.69. The molecule has 0 heterocycles. The minimum absolute atomic E-state index is 0.0292. The summed E-state index contributed by atoms with van der Waals surface area (Å²) in [4.78, 5) is 12.0. The lowest BCUT2D eigenvalue weighted by molar-refractivity contribution is -0.119. The molecule has 0 spiro atoms. The van der Waals surface area contributed by atoms with Crippen molar-refractivity contribution in [2.24, 2.45) is 11.7 Å². The lowest BCUT2D eigenvalue weighted by Gasteiger charge is -2.13. The van der Waals surface area contributed by atoms with E-state index in [0.29, 0.717) is 20.2 Å². The van der Waals surface area contributed by atoms with Crippen LogP contribution in [-0.2, 0) is 4.79 Å². The Hall–Kier alpha value is -0.290. The van der Waals surface area contributed by atoms with Crippen LogP contribution in [0.1, 0.15) is 19.3 Å². The molecule has 98 valence electrons. The second-order valence-corrected chi connectivity index (χ2v) is 6.09. The van der Waals surface area contributed by atoms with Crippen LogP contribution in [0.2, 0.25) is 10.0 Å². The van der Waals surface area contributed by atoms with Gasteiger partial charge in [0.25, 0.3) is 0 Å². The Balaban J connectivity index is 2.10. The number of anilines is 1. The quantitative estimate of drug-likeness (QED) is 0.795. The number of hydrogen-bond donors (Lipinski definition) is 2. The van der Waals surface area contributed by atoms with E-state index in [-0.39, 0.29) is 17.9 Å². The number of benzene rings is 1. The third-order valence-electron chi connectivity index (χ3n) is 3.14. The molecular formula is C12H13BrCl2N2O. The maximum Gasteiger partial charge on any atom is 0.227 e. The van der Waals surface area contributed by atoms with Gasteiger partial charge in [0.2, 0.25) is 5.91 Å². The summed E-state index contributed by atoms with van der Waals surface area (Å²) < 4.78 is 0.704. The summed E-state index contributed by atoms with van der Waals surface area (Å²) in [5.41, 5.74) is 6.33. The fraction of sp³-hybridized carbons (Fsp3) is 0.417. The van der Waals surface area contributed by atoms with Gasteiger partial charge in [0, 0.05) is 16.4 Å². The van der Waals surface area contributed by atoms with Crippen LogP contribution in [0.15, 0.2) is 16.6 Å². The Morgan fingerprint density at radius 2 is 2.06 bits per heavy atom. The predicted molar refractivity (Wildman–Crippen MR) is 78.1 cm³/mol. The smallest absolute Gasteiger partial charge is 0.227 e. The van der Waals surface area contributed by atoms with Gasteiger partial charge in [-0.2, -0.15) is 0 Å². The van der Waals surface area contributed by atoms with Crippen molar-refractivity contribution < 1.29 is 4.79 Å². The van der Waals surface area contributed by atoms with Crippen molar-refractivity contribution in [1.82, 2.24) is 0 Å². The molecule has 0 bridgehead atoms. The number of hydrogen-bond acceptors (Lipinski definition) is 2. The average Bonchev–Trinajstić information content (AvgIpc) is 2.77. The molecule has 2 rings (SSSR count). The minimum atomic E-state index is -0.0387. The molecule has 1 aromatic carbocycles. The highest BCUT2D eigenvalue weighted by Crippen LogP contribution is 2.36. The zero-order chi connectivity index (χ0) is 13.3. The highest BCUT2D eigenvalue weighted by molar-refractivity contribution is 9.10. The molecule has 6 heteroatoms. The standard InChI is InChI=1S/C12H13BrCl2N2O/c13-8-3-4-9(11(15)10(8)14)17-12(18)6-1-2-7(16)5-6/h3-4,6-7H,1-2,5,16H2,(H,17,18). The summed E-state index contributed by atoms with van der Waals surface area (Å²) in [5.74, 6) is -0.0678. The van der Waals surface area contributed by atoms with Gasteiger partial charge in [0.1, 0.15) is 0 Å². The van der Waals surface area contributed by atoms with Crippen molar-refractivity contribution in [2.45, 2.75) is 25.3 Å². The molecule has 1 aliphatic carbocycles. The molecule has 3 nitrogen and oxygen atoms in total. The molecule has 1 aliphatic rings. The van der Waals surface area contributed by atoms with Crippen LogP contribution >= 0.6 is 39.1 Å². The number of amides is 1. The molecule has 2 atom stereocenters. The molecule has 1 saturated carbocycles. The third-order valence-corrected chi connectivity index (χ3v) is 4.91. The summed E-state index contributed by atoms with van der Waals surface area (Å²) in [6, 6.07) is 3.61. The van der Waals surface area contributed by atoms with E-state index in [2.05, 4.69) is 21.2 Å². The minimum Gasteiger partial charge on any atom is -0.328 e. The summed E-state index contributed by atoms with van der Waals surface area (Å²) in [6.07, 6.45) is 2.45.